The summed E-state index contributed by atoms with van der Waals surface area (Å²) in [7, 11) is 2.00. The third kappa shape index (κ3) is 2.49. The third-order valence-corrected chi connectivity index (χ3v) is 3.74. The van der Waals surface area contributed by atoms with E-state index in [0.717, 1.165) is 6.42 Å². The van der Waals surface area contributed by atoms with E-state index in [0.29, 0.717) is 6.04 Å². The molecule has 3 heteroatoms. The lowest BCUT2D eigenvalue weighted by Crippen LogP contribution is -2.18. The quantitative estimate of drug-likeness (QED) is 0.876. The fourth-order valence-electron chi connectivity index (χ4n) is 1.76. The highest BCUT2D eigenvalue weighted by Crippen LogP contribution is 2.22. The first-order valence-electron chi connectivity index (χ1n) is 5.42. The lowest BCUT2D eigenvalue weighted by atomic mass is 10.1. The van der Waals surface area contributed by atoms with Crippen molar-refractivity contribution in [3.63, 3.8) is 0 Å². The lowest BCUT2D eigenvalue weighted by molar-refractivity contribution is 0.592. The SMILES string of the molecule is CNC(Cc1ncccc1C)c1cccs1. The van der Waals surface area contributed by atoms with Crippen LogP contribution >= 0.6 is 11.3 Å². The van der Waals surface area contributed by atoms with Gasteiger partial charge in [0.2, 0.25) is 0 Å². The summed E-state index contributed by atoms with van der Waals surface area (Å²) in [5.41, 5.74) is 2.44. The molecule has 2 aromatic heterocycles. The van der Waals surface area contributed by atoms with E-state index in [4.69, 9.17) is 0 Å². The van der Waals surface area contributed by atoms with Gasteiger partial charge in [0, 0.05) is 29.2 Å². The van der Waals surface area contributed by atoms with E-state index < -0.39 is 0 Å². The Hall–Kier alpha value is -1.19. The Kier molecular flexibility index (Phi) is 3.70. The summed E-state index contributed by atoms with van der Waals surface area (Å²) < 4.78 is 0. The number of thiophene rings is 1. The topological polar surface area (TPSA) is 24.9 Å². The van der Waals surface area contributed by atoms with Crippen molar-refractivity contribution in [2.24, 2.45) is 0 Å². The van der Waals surface area contributed by atoms with Crippen molar-refractivity contribution in [3.8, 4) is 0 Å². The first-order chi connectivity index (χ1) is 7.81. The highest BCUT2D eigenvalue weighted by Gasteiger charge is 2.12. The molecule has 2 aromatic rings. The van der Waals surface area contributed by atoms with Crippen molar-refractivity contribution in [1.29, 1.82) is 0 Å². The molecule has 0 aromatic carbocycles. The zero-order valence-corrected chi connectivity index (χ0v) is 10.4. The molecule has 16 heavy (non-hydrogen) atoms. The monoisotopic (exact) mass is 232 g/mol. The van der Waals surface area contributed by atoms with Gasteiger partial charge < -0.3 is 5.32 Å². The van der Waals surface area contributed by atoms with Gasteiger partial charge in [-0.05, 0) is 37.0 Å². The minimum absolute atomic E-state index is 0.369. The largest absolute Gasteiger partial charge is 0.312 e. The normalized spacial score (nSPS) is 12.6. The van der Waals surface area contributed by atoms with Crippen LogP contribution in [0.15, 0.2) is 35.8 Å². The van der Waals surface area contributed by atoms with Gasteiger partial charge in [-0.25, -0.2) is 0 Å². The van der Waals surface area contributed by atoms with Crippen molar-refractivity contribution >= 4 is 11.3 Å². The summed E-state index contributed by atoms with van der Waals surface area (Å²) in [6.07, 6.45) is 2.81. The average Bonchev–Trinajstić information content (AvgIpc) is 2.81. The standard InChI is InChI=1S/C13H16N2S/c1-10-5-3-7-15-11(10)9-12(14-2)13-6-4-8-16-13/h3-8,12,14H,9H2,1-2H3. The predicted octanol–water partition coefficient (Wildman–Crippen LogP) is 2.95. The van der Waals surface area contributed by atoms with Gasteiger partial charge in [0.05, 0.1) is 0 Å². The van der Waals surface area contributed by atoms with Crippen LogP contribution in [0.3, 0.4) is 0 Å². The number of likely N-dealkylation sites (N-methyl/N-ethyl adjacent to an activating group) is 1. The van der Waals surface area contributed by atoms with Gasteiger partial charge in [0.15, 0.2) is 0 Å². The van der Waals surface area contributed by atoms with E-state index in [-0.39, 0.29) is 0 Å². The highest BCUT2D eigenvalue weighted by atomic mass is 32.1. The molecule has 0 saturated carbocycles. The number of rotatable bonds is 4. The van der Waals surface area contributed by atoms with E-state index in [9.17, 15) is 0 Å². The summed E-state index contributed by atoms with van der Waals surface area (Å²) >= 11 is 1.79. The maximum Gasteiger partial charge on any atom is 0.0468 e. The van der Waals surface area contributed by atoms with E-state index in [1.807, 2.05) is 19.3 Å². The van der Waals surface area contributed by atoms with Crippen molar-refractivity contribution in [1.82, 2.24) is 10.3 Å². The van der Waals surface area contributed by atoms with Crippen LogP contribution in [-0.4, -0.2) is 12.0 Å². The smallest absolute Gasteiger partial charge is 0.0468 e. The summed E-state index contributed by atoms with van der Waals surface area (Å²) in [6, 6.07) is 8.73. The summed E-state index contributed by atoms with van der Waals surface area (Å²) in [4.78, 5) is 5.81. The minimum Gasteiger partial charge on any atom is -0.312 e. The number of hydrogen-bond acceptors (Lipinski definition) is 3. The minimum atomic E-state index is 0.369. The van der Waals surface area contributed by atoms with Crippen molar-refractivity contribution in [2.75, 3.05) is 7.05 Å². The third-order valence-electron chi connectivity index (χ3n) is 2.75. The van der Waals surface area contributed by atoms with Crippen molar-refractivity contribution < 1.29 is 0 Å². The fourth-order valence-corrected chi connectivity index (χ4v) is 2.60. The average molecular weight is 232 g/mol. The van der Waals surface area contributed by atoms with Crippen LogP contribution in [-0.2, 0) is 6.42 Å². The van der Waals surface area contributed by atoms with Crippen LogP contribution in [0, 0.1) is 6.92 Å². The Labute approximate surface area is 100 Å². The second kappa shape index (κ2) is 5.23. The van der Waals surface area contributed by atoms with Gasteiger partial charge >= 0.3 is 0 Å². The number of pyridine rings is 1. The molecule has 1 N–H and O–H groups in total. The molecular formula is C13H16N2S. The zero-order valence-electron chi connectivity index (χ0n) is 9.60. The first-order valence-corrected chi connectivity index (χ1v) is 6.30. The molecule has 0 saturated heterocycles. The van der Waals surface area contributed by atoms with E-state index >= 15 is 0 Å². The maximum absolute atomic E-state index is 4.44. The second-order valence-electron chi connectivity index (χ2n) is 3.83. The van der Waals surface area contributed by atoms with Gasteiger partial charge in [-0.3, -0.25) is 4.98 Å². The molecule has 1 unspecified atom stereocenters. The van der Waals surface area contributed by atoms with Crippen LogP contribution < -0.4 is 5.32 Å². The molecule has 84 valence electrons. The number of aryl methyl sites for hydroxylation is 1. The molecule has 0 radical (unpaired) electrons. The summed E-state index contributed by atoms with van der Waals surface area (Å²) in [5, 5.41) is 5.47. The van der Waals surface area contributed by atoms with Crippen molar-refractivity contribution in [2.45, 2.75) is 19.4 Å². The Balaban J connectivity index is 2.17. The lowest BCUT2D eigenvalue weighted by Gasteiger charge is -2.15. The van der Waals surface area contributed by atoms with E-state index in [1.54, 1.807) is 11.3 Å². The Morgan fingerprint density at radius 3 is 2.88 bits per heavy atom. The van der Waals surface area contributed by atoms with Gasteiger partial charge in [-0.2, -0.15) is 0 Å². The Morgan fingerprint density at radius 2 is 2.25 bits per heavy atom. The first kappa shape index (κ1) is 11.3. The molecule has 1 atom stereocenters. The van der Waals surface area contributed by atoms with Crippen LogP contribution in [0.2, 0.25) is 0 Å². The van der Waals surface area contributed by atoms with Gasteiger partial charge in [-0.1, -0.05) is 12.1 Å². The molecule has 0 fully saturated rings. The maximum atomic E-state index is 4.44. The molecule has 2 rings (SSSR count). The van der Waals surface area contributed by atoms with Gasteiger partial charge in [-0.15, -0.1) is 11.3 Å². The molecule has 0 aliphatic heterocycles. The van der Waals surface area contributed by atoms with Crippen LogP contribution in [0.25, 0.3) is 0 Å². The molecule has 0 aliphatic rings. The van der Waals surface area contributed by atoms with Crippen LogP contribution in [0.4, 0.5) is 0 Å². The van der Waals surface area contributed by atoms with Crippen LogP contribution in [0.5, 0.6) is 0 Å². The summed E-state index contributed by atoms with van der Waals surface area (Å²) in [5.74, 6) is 0. The van der Waals surface area contributed by atoms with E-state index in [2.05, 4.69) is 40.8 Å². The molecule has 2 nitrogen and oxygen atoms in total. The van der Waals surface area contributed by atoms with Gasteiger partial charge in [0.25, 0.3) is 0 Å². The Bertz CT molecular complexity index is 437. The Morgan fingerprint density at radius 1 is 1.38 bits per heavy atom. The molecular weight excluding hydrogens is 216 g/mol. The molecule has 2 heterocycles. The second-order valence-corrected chi connectivity index (χ2v) is 4.81. The number of hydrogen-bond donors (Lipinski definition) is 1. The number of nitrogens with zero attached hydrogens (tertiary/aromatic N) is 1. The number of aromatic nitrogens is 1. The van der Waals surface area contributed by atoms with Gasteiger partial charge in [0.1, 0.15) is 0 Å². The van der Waals surface area contributed by atoms with Crippen molar-refractivity contribution in [3.05, 3.63) is 52.0 Å². The number of nitrogens with one attached hydrogen (secondary N) is 1. The fraction of sp³-hybridized carbons (Fsp3) is 0.308. The predicted molar refractivity (Wildman–Crippen MR) is 68.8 cm³/mol. The molecule has 0 bridgehead atoms. The highest BCUT2D eigenvalue weighted by molar-refractivity contribution is 7.10. The summed E-state index contributed by atoms with van der Waals surface area (Å²) in [6.45, 7) is 2.11. The molecule has 0 spiro atoms. The van der Waals surface area contributed by atoms with E-state index in [1.165, 1.54) is 16.1 Å². The zero-order chi connectivity index (χ0) is 11.4. The molecule has 0 amide bonds. The van der Waals surface area contributed by atoms with Crippen LogP contribution in [0.1, 0.15) is 22.2 Å². The molecule has 0 aliphatic carbocycles.